The molecule has 0 saturated heterocycles. The van der Waals surface area contributed by atoms with Crippen LogP contribution in [0.25, 0.3) is 22.3 Å². The first-order valence-electron chi connectivity index (χ1n) is 7.36. The third-order valence-electron chi connectivity index (χ3n) is 4.16. The number of aromatic hydroxyl groups is 4. The highest BCUT2D eigenvalue weighted by atomic mass is 16.5. The second kappa shape index (κ2) is 5.62. The second-order valence-corrected chi connectivity index (χ2v) is 5.65. The highest BCUT2D eigenvalue weighted by Crippen LogP contribution is 2.41. The quantitative estimate of drug-likeness (QED) is 0.527. The number of phenols is 4. The second-order valence-electron chi connectivity index (χ2n) is 5.65. The molecule has 0 aliphatic rings. The third-order valence-corrected chi connectivity index (χ3v) is 4.16. The molecule has 0 aliphatic heterocycles. The van der Waals surface area contributed by atoms with E-state index in [2.05, 4.69) is 0 Å². The summed E-state index contributed by atoms with van der Waals surface area (Å²) < 4.78 is 10.9. The molecule has 130 valence electrons. The van der Waals surface area contributed by atoms with E-state index in [0.717, 1.165) is 0 Å². The molecule has 1 aromatic heterocycles. The van der Waals surface area contributed by atoms with Crippen LogP contribution in [0.5, 0.6) is 28.7 Å². The Labute approximate surface area is 142 Å². The molecular weight excluding hydrogens is 328 g/mol. The van der Waals surface area contributed by atoms with Crippen molar-refractivity contribution in [1.82, 2.24) is 0 Å². The lowest BCUT2D eigenvalue weighted by molar-refractivity contribution is 0.395. The molecule has 0 aliphatic carbocycles. The Morgan fingerprint density at radius 2 is 1.64 bits per heavy atom. The van der Waals surface area contributed by atoms with E-state index < -0.39 is 11.2 Å². The minimum absolute atomic E-state index is 0.000975. The monoisotopic (exact) mass is 344 g/mol. The number of hydrogen-bond acceptors (Lipinski definition) is 7. The summed E-state index contributed by atoms with van der Waals surface area (Å²) in [5.74, 6) is -1.46. The van der Waals surface area contributed by atoms with Crippen LogP contribution < -0.4 is 10.2 Å². The van der Waals surface area contributed by atoms with Gasteiger partial charge in [-0.25, -0.2) is 0 Å². The van der Waals surface area contributed by atoms with Crippen molar-refractivity contribution in [2.45, 2.75) is 13.8 Å². The summed E-state index contributed by atoms with van der Waals surface area (Å²) in [6, 6.07) is 3.89. The van der Waals surface area contributed by atoms with Crippen LogP contribution in [0.4, 0.5) is 0 Å². The van der Waals surface area contributed by atoms with Gasteiger partial charge in [-0.3, -0.25) is 4.79 Å². The molecule has 0 unspecified atom stereocenters. The van der Waals surface area contributed by atoms with Gasteiger partial charge >= 0.3 is 0 Å². The number of hydrogen-bond donors (Lipinski definition) is 4. The van der Waals surface area contributed by atoms with Gasteiger partial charge in [0.05, 0.1) is 7.11 Å². The van der Waals surface area contributed by atoms with Gasteiger partial charge in [0.2, 0.25) is 11.2 Å². The zero-order valence-corrected chi connectivity index (χ0v) is 13.7. The molecular formula is C18H16O7. The minimum Gasteiger partial charge on any atom is -0.507 e. The van der Waals surface area contributed by atoms with E-state index in [0.29, 0.717) is 0 Å². The number of methoxy groups -OCH3 is 1. The summed E-state index contributed by atoms with van der Waals surface area (Å²) in [5, 5.41) is 39.4. The summed E-state index contributed by atoms with van der Waals surface area (Å²) in [5.41, 5.74) is 0.123. The average molecular weight is 344 g/mol. The Morgan fingerprint density at radius 1 is 0.960 bits per heavy atom. The zero-order chi connectivity index (χ0) is 18.5. The molecule has 0 atom stereocenters. The Morgan fingerprint density at radius 3 is 2.24 bits per heavy atom. The molecule has 0 fully saturated rings. The van der Waals surface area contributed by atoms with Crippen LogP contribution in [0.3, 0.4) is 0 Å². The van der Waals surface area contributed by atoms with Crippen molar-refractivity contribution in [1.29, 1.82) is 0 Å². The van der Waals surface area contributed by atoms with E-state index in [-0.39, 0.29) is 56.4 Å². The van der Waals surface area contributed by atoms with Crippen LogP contribution in [0.2, 0.25) is 0 Å². The standard InChI is InChI=1S/C18H16O7/c1-7-13(21)8(2)16-12(14(7)22)15(23)18(24-3)17(25-16)9-4-5-10(19)11(20)6-9/h4-6,19-22H,1-3H3. The molecule has 0 bridgehead atoms. The molecule has 3 rings (SSSR count). The van der Waals surface area contributed by atoms with Crippen molar-refractivity contribution in [2.75, 3.05) is 7.11 Å². The lowest BCUT2D eigenvalue weighted by Crippen LogP contribution is -2.09. The van der Waals surface area contributed by atoms with Crippen LogP contribution in [-0.2, 0) is 0 Å². The molecule has 25 heavy (non-hydrogen) atoms. The van der Waals surface area contributed by atoms with Gasteiger partial charge in [-0.05, 0) is 32.0 Å². The molecule has 7 heteroatoms. The van der Waals surface area contributed by atoms with Crippen molar-refractivity contribution in [3.63, 3.8) is 0 Å². The first-order valence-corrected chi connectivity index (χ1v) is 7.36. The van der Waals surface area contributed by atoms with Gasteiger partial charge in [0.25, 0.3) is 0 Å². The van der Waals surface area contributed by atoms with Crippen LogP contribution >= 0.6 is 0 Å². The van der Waals surface area contributed by atoms with Crippen molar-refractivity contribution in [2.24, 2.45) is 0 Å². The Balaban J connectivity index is 2.49. The number of aryl methyl sites for hydroxylation is 1. The van der Waals surface area contributed by atoms with E-state index in [1.165, 1.54) is 32.2 Å². The molecule has 0 radical (unpaired) electrons. The largest absolute Gasteiger partial charge is 0.507 e. The van der Waals surface area contributed by atoms with Gasteiger partial charge in [-0.1, -0.05) is 0 Å². The molecule has 2 aromatic carbocycles. The minimum atomic E-state index is -0.616. The van der Waals surface area contributed by atoms with E-state index in [4.69, 9.17) is 9.15 Å². The van der Waals surface area contributed by atoms with Gasteiger partial charge in [-0.15, -0.1) is 0 Å². The highest BCUT2D eigenvalue weighted by molar-refractivity contribution is 5.92. The lowest BCUT2D eigenvalue weighted by Gasteiger charge is -2.14. The predicted molar refractivity (Wildman–Crippen MR) is 90.6 cm³/mol. The van der Waals surface area contributed by atoms with Crippen molar-refractivity contribution in [3.8, 4) is 40.1 Å². The van der Waals surface area contributed by atoms with E-state index in [1.54, 1.807) is 6.92 Å². The van der Waals surface area contributed by atoms with Crippen LogP contribution in [0.1, 0.15) is 11.1 Å². The van der Waals surface area contributed by atoms with Gasteiger partial charge in [0, 0.05) is 16.7 Å². The SMILES string of the molecule is COc1c(-c2ccc(O)c(O)c2)oc2c(C)c(O)c(C)c(O)c2c1=O. The first kappa shape index (κ1) is 16.5. The first-order chi connectivity index (χ1) is 11.8. The Bertz CT molecular complexity index is 1060. The van der Waals surface area contributed by atoms with Gasteiger partial charge in [-0.2, -0.15) is 0 Å². The normalized spacial score (nSPS) is 11.0. The molecule has 0 spiro atoms. The number of phenolic OH excluding ortho intramolecular Hbond substituents is 4. The molecule has 3 aromatic rings. The Hall–Kier alpha value is -3.35. The highest BCUT2D eigenvalue weighted by Gasteiger charge is 2.24. The van der Waals surface area contributed by atoms with E-state index in [1.807, 2.05) is 0 Å². The summed E-state index contributed by atoms with van der Waals surface area (Å²) in [7, 11) is 1.28. The van der Waals surface area contributed by atoms with E-state index in [9.17, 15) is 25.2 Å². The zero-order valence-electron chi connectivity index (χ0n) is 13.7. The van der Waals surface area contributed by atoms with Crippen LogP contribution in [0.15, 0.2) is 27.4 Å². The number of ether oxygens (including phenoxy) is 1. The Kier molecular flexibility index (Phi) is 3.71. The maximum atomic E-state index is 12.8. The molecule has 0 saturated carbocycles. The van der Waals surface area contributed by atoms with Gasteiger partial charge in [0.15, 0.2) is 17.3 Å². The summed E-state index contributed by atoms with van der Waals surface area (Å²) >= 11 is 0. The third kappa shape index (κ3) is 2.32. The number of benzene rings is 2. The van der Waals surface area contributed by atoms with E-state index >= 15 is 0 Å². The number of fused-ring (bicyclic) bond motifs is 1. The topological polar surface area (TPSA) is 120 Å². The molecule has 4 N–H and O–H groups in total. The predicted octanol–water partition coefficient (Wildman–Crippen LogP) is 2.91. The van der Waals surface area contributed by atoms with Gasteiger partial charge in [0.1, 0.15) is 22.5 Å². The number of rotatable bonds is 2. The summed E-state index contributed by atoms with van der Waals surface area (Å²) in [6.07, 6.45) is 0. The average Bonchev–Trinajstić information content (AvgIpc) is 2.59. The fourth-order valence-corrected chi connectivity index (χ4v) is 2.73. The van der Waals surface area contributed by atoms with Crippen molar-refractivity contribution in [3.05, 3.63) is 39.5 Å². The molecule has 0 amide bonds. The maximum absolute atomic E-state index is 12.8. The summed E-state index contributed by atoms with van der Waals surface area (Å²) in [4.78, 5) is 12.8. The van der Waals surface area contributed by atoms with Crippen molar-refractivity contribution >= 4 is 11.0 Å². The van der Waals surface area contributed by atoms with Gasteiger partial charge < -0.3 is 29.6 Å². The summed E-state index contributed by atoms with van der Waals surface area (Å²) in [6.45, 7) is 3.03. The van der Waals surface area contributed by atoms with Crippen LogP contribution in [-0.4, -0.2) is 27.5 Å². The fourth-order valence-electron chi connectivity index (χ4n) is 2.73. The lowest BCUT2D eigenvalue weighted by atomic mass is 10.0. The van der Waals surface area contributed by atoms with Crippen molar-refractivity contribution < 1.29 is 29.6 Å². The fraction of sp³-hybridized carbons (Fsp3) is 0.167. The smallest absolute Gasteiger partial charge is 0.239 e. The molecule has 1 heterocycles. The molecule has 7 nitrogen and oxygen atoms in total. The maximum Gasteiger partial charge on any atom is 0.239 e. The van der Waals surface area contributed by atoms with Crippen LogP contribution in [0, 0.1) is 13.8 Å².